The predicted octanol–water partition coefficient (Wildman–Crippen LogP) is 6.17. The number of aryl methyl sites for hydroxylation is 1. The predicted molar refractivity (Wildman–Crippen MR) is 135 cm³/mol. The third kappa shape index (κ3) is 8.89. The van der Waals surface area contributed by atoms with E-state index in [1.165, 1.54) is 5.56 Å². The second-order valence-electron chi connectivity index (χ2n) is 8.39. The van der Waals surface area contributed by atoms with Crippen molar-refractivity contribution in [2.24, 2.45) is 5.92 Å². The summed E-state index contributed by atoms with van der Waals surface area (Å²) in [5, 5.41) is 6.09. The van der Waals surface area contributed by atoms with Crippen molar-refractivity contribution in [3.8, 4) is 11.5 Å². The molecule has 0 aliphatic rings. The van der Waals surface area contributed by atoms with Gasteiger partial charge in [-0.25, -0.2) is 0 Å². The van der Waals surface area contributed by atoms with Crippen LogP contribution in [0.3, 0.4) is 0 Å². The van der Waals surface area contributed by atoms with Gasteiger partial charge >= 0.3 is 0 Å². The van der Waals surface area contributed by atoms with Gasteiger partial charge in [-0.2, -0.15) is 0 Å². The van der Waals surface area contributed by atoms with Crippen LogP contribution in [0.2, 0.25) is 0 Å². The van der Waals surface area contributed by atoms with Gasteiger partial charge in [-0.15, -0.1) is 0 Å². The van der Waals surface area contributed by atoms with Crippen LogP contribution in [0, 0.1) is 5.92 Å². The van der Waals surface area contributed by atoms with Crippen molar-refractivity contribution in [3.63, 3.8) is 0 Å². The maximum Gasteiger partial charge on any atom is 0.243 e. The summed E-state index contributed by atoms with van der Waals surface area (Å²) in [6.45, 7) is 5.82. The number of carbonyl (C=O) groups is 1. The molecule has 0 spiro atoms. The molecule has 0 atom stereocenters. The first kappa shape index (κ1) is 24.2. The molecule has 0 aliphatic carbocycles. The van der Waals surface area contributed by atoms with Crippen LogP contribution in [0.5, 0.6) is 11.5 Å². The molecule has 5 nitrogen and oxygen atoms in total. The Kier molecular flexibility index (Phi) is 9.64. The quantitative estimate of drug-likeness (QED) is 0.308. The molecule has 174 valence electrons. The van der Waals surface area contributed by atoms with Crippen LogP contribution in [0.1, 0.15) is 32.3 Å². The normalized spacial score (nSPS) is 10.6. The topological polar surface area (TPSA) is 59.6 Å². The number of hydrogen-bond donors (Lipinski definition) is 2. The second-order valence-corrected chi connectivity index (χ2v) is 8.39. The minimum absolute atomic E-state index is 0.132. The molecular weight excluding hydrogens is 412 g/mol. The lowest BCUT2D eigenvalue weighted by atomic mass is 10.1. The fourth-order valence-electron chi connectivity index (χ4n) is 3.26. The van der Waals surface area contributed by atoms with E-state index in [1.54, 1.807) is 0 Å². The SMILES string of the molecule is CC(C)CCOc1ccc(NCC(=O)Nc2ccccc2OCCCc2ccccc2)cc1. The number of nitrogens with one attached hydrogen (secondary N) is 2. The van der Waals surface area contributed by atoms with E-state index in [9.17, 15) is 4.79 Å². The number of ether oxygens (including phenoxy) is 2. The van der Waals surface area contributed by atoms with Gasteiger partial charge in [-0.3, -0.25) is 4.79 Å². The van der Waals surface area contributed by atoms with Gasteiger partial charge in [0.25, 0.3) is 0 Å². The minimum atomic E-state index is -0.132. The van der Waals surface area contributed by atoms with Gasteiger partial charge in [0, 0.05) is 5.69 Å². The molecule has 0 aromatic heterocycles. The second kappa shape index (κ2) is 13.2. The summed E-state index contributed by atoms with van der Waals surface area (Å²) in [7, 11) is 0. The van der Waals surface area contributed by atoms with E-state index >= 15 is 0 Å². The highest BCUT2D eigenvalue weighted by Crippen LogP contribution is 2.24. The van der Waals surface area contributed by atoms with Crippen LogP contribution in [-0.4, -0.2) is 25.7 Å². The highest BCUT2D eigenvalue weighted by molar-refractivity contribution is 5.95. The summed E-state index contributed by atoms with van der Waals surface area (Å²) in [5.74, 6) is 2.01. The Morgan fingerprint density at radius 1 is 0.848 bits per heavy atom. The molecule has 0 aliphatic heterocycles. The number of rotatable bonds is 13. The Hall–Kier alpha value is -3.47. The lowest BCUT2D eigenvalue weighted by Crippen LogP contribution is -2.22. The van der Waals surface area contributed by atoms with E-state index in [-0.39, 0.29) is 12.5 Å². The van der Waals surface area contributed by atoms with Crippen molar-refractivity contribution in [2.75, 3.05) is 30.4 Å². The maximum absolute atomic E-state index is 12.5. The van der Waals surface area contributed by atoms with Crippen molar-refractivity contribution in [1.82, 2.24) is 0 Å². The molecule has 3 rings (SSSR count). The molecule has 0 saturated heterocycles. The van der Waals surface area contributed by atoms with Crippen LogP contribution in [0.25, 0.3) is 0 Å². The number of benzene rings is 3. The Labute approximate surface area is 197 Å². The molecule has 0 fully saturated rings. The van der Waals surface area contributed by atoms with Crippen LogP contribution in [0.15, 0.2) is 78.9 Å². The first-order valence-electron chi connectivity index (χ1n) is 11.6. The van der Waals surface area contributed by atoms with Crippen molar-refractivity contribution >= 4 is 17.3 Å². The number of hydrogen-bond acceptors (Lipinski definition) is 4. The monoisotopic (exact) mass is 446 g/mol. The summed E-state index contributed by atoms with van der Waals surface area (Å²) in [5.41, 5.74) is 2.84. The number of amides is 1. The Balaban J connectivity index is 1.41. The summed E-state index contributed by atoms with van der Waals surface area (Å²) in [6.07, 6.45) is 2.89. The average molecular weight is 447 g/mol. The Morgan fingerprint density at radius 2 is 1.58 bits per heavy atom. The first-order valence-corrected chi connectivity index (χ1v) is 11.6. The van der Waals surface area contributed by atoms with E-state index in [2.05, 4.69) is 36.6 Å². The number of para-hydroxylation sites is 2. The molecule has 1 amide bonds. The first-order chi connectivity index (χ1) is 16.1. The number of anilines is 2. The van der Waals surface area contributed by atoms with Gasteiger partial charge in [0.05, 0.1) is 25.4 Å². The molecule has 0 bridgehead atoms. The van der Waals surface area contributed by atoms with E-state index < -0.39 is 0 Å². The Bertz CT molecular complexity index is 972. The molecule has 0 unspecified atom stereocenters. The van der Waals surface area contributed by atoms with Gasteiger partial charge in [0.15, 0.2) is 0 Å². The van der Waals surface area contributed by atoms with Crippen LogP contribution < -0.4 is 20.1 Å². The van der Waals surface area contributed by atoms with E-state index in [0.29, 0.717) is 30.6 Å². The molecule has 2 N–H and O–H groups in total. The van der Waals surface area contributed by atoms with Crippen LogP contribution in [-0.2, 0) is 11.2 Å². The van der Waals surface area contributed by atoms with Gasteiger partial charge < -0.3 is 20.1 Å². The zero-order valence-corrected chi connectivity index (χ0v) is 19.6. The summed E-state index contributed by atoms with van der Waals surface area (Å²) in [6, 6.07) is 25.5. The van der Waals surface area contributed by atoms with E-state index in [4.69, 9.17) is 9.47 Å². The largest absolute Gasteiger partial charge is 0.494 e. The molecule has 0 radical (unpaired) electrons. The highest BCUT2D eigenvalue weighted by atomic mass is 16.5. The molecule has 3 aromatic rings. The molecule has 5 heteroatoms. The third-order valence-electron chi connectivity index (χ3n) is 5.14. The highest BCUT2D eigenvalue weighted by Gasteiger charge is 2.08. The van der Waals surface area contributed by atoms with E-state index in [1.807, 2.05) is 66.7 Å². The Morgan fingerprint density at radius 3 is 2.33 bits per heavy atom. The van der Waals surface area contributed by atoms with Gasteiger partial charge in [-0.1, -0.05) is 56.3 Å². The fourth-order valence-corrected chi connectivity index (χ4v) is 3.26. The van der Waals surface area contributed by atoms with Crippen LogP contribution in [0.4, 0.5) is 11.4 Å². The van der Waals surface area contributed by atoms with E-state index in [0.717, 1.165) is 30.7 Å². The van der Waals surface area contributed by atoms with Crippen molar-refractivity contribution in [2.45, 2.75) is 33.1 Å². The zero-order valence-electron chi connectivity index (χ0n) is 19.6. The van der Waals surface area contributed by atoms with Crippen molar-refractivity contribution < 1.29 is 14.3 Å². The van der Waals surface area contributed by atoms with Crippen molar-refractivity contribution in [3.05, 3.63) is 84.4 Å². The average Bonchev–Trinajstić information content (AvgIpc) is 2.83. The lowest BCUT2D eigenvalue weighted by Gasteiger charge is -2.13. The van der Waals surface area contributed by atoms with Crippen molar-refractivity contribution in [1.29, 1.82) is 0 Å². The van der Waals surface area contributed by atoms with Crippen LogP contribution >= 0.6 is 0 Å². The fraction of sp³-hybridized carbons (Fsp3) is 0.321. The molecule has 0 heterocycles. The third-order valence-corrected chi connectivity index (χ3v) is 5.14. The summed E-state index contributed by atoms with van der Waals surface area (Å²) < 4.78 is 11.7. The zero-order chi connectivity index (χ0) is 23.3. The summed E-state index contributed by atoms with van der Waals surface area (Å²) in [4.78, 5) is 12.5. The summed E-state index contributed by atoms with van der Waals surface area (Å²) >= 11 is 0. The smallest absolute Gasteiger partial charge is 0.243 e. The lowest BCUT2D eigenvalue weighted by molar-refractivity contribution is -0.114. The molecule has 0 saturated carbocycles. The minimum Gasteiger partial charge on any atom is -0.494 e. The standard InChI is InChI=1S/C28H34N2O3/c1-22(2)18-20-32-25-16-14-24(15-17-25)29-21-28(31)30-26-12-6-7-13-27(26)33-19-8-11-23-9-4-3-5-10-23/h3-7,9-10,12-17,22,29H,8,11,18-21H2,1-2H3,(H,30,31). The molecule has 3 aromatic carbocycles. The van der Waals surface area contributed by atoms with Gasteiger partial charge in [0.1, 0.15) is 11.5 Å². The number of carbonyl (C=O) groups excluding carboxylic acids is 1. The maximum atomic E-state index is 12.5. The molecule has 33 heavy (non-hydrogen) atoms. The van der Waals surface area contributed by atoms with Gasteiger partial charge in [-0.05, 0) is 67.1 Å². The van der Waals surface area contributed by atoms with Gasteiger partial charge in [0.2, 0.25) is 5.91 Å². The molecular formula is C28H34N2O3.